The van der Waals surface area contributed by atoms with E-state index in [2.05, 4.69) is 21.1 Å². The quantitative estimate of drug-likeness (QED) is 0.444. The zero-order chi connectivity index (χ0) is 17.2. The van der Waals surface area contributed by atoms with Gasteiger partial charge in [-0.15, -0.1) is 11.3 Å². The molecule has 0 radical (unpaired) electrons. The van der Waals surface area contributed by atoms with Crippen LogP contribution < -0.4 is 0 Å². The highest BCUT2D eigenvalue weighted by atomic mass is 79.9. The molecule has 0 bridgehead atoms. The molecule has 1 saturated heterocycles. The molecule has 2 heterocycles. The van der Waals surface area contributed by atoms with Crippen molar-refractivity contribution in [2.75, 3.05) is 13.1 Å². The number of carbonyl (C=O) groups is 1. The normalized spacial score (nSPS) is 17.4. The van der Waals surface area contributed by atoms with E-state index in [-0.39, 0.29) is 12.0 Å². The lowest BCUT2D eigenvalue weighted by atomic mass is 9.91. The fraction of sp³-hybridized carbons (Fsp3) is 0.625. The second kappa shape index (κ2) is 7.21. The predicted octanol–water partition coefficient (Wildman–Crippen LogP) is 4.64. The van der Waals surface area contributed by atoms with Crippen molar-refractivity contribution in [2.45, 2.75) is 46.1 Å². The third kappa shape index (κ3) is 4.47. The molecule has 0 unspecified atom stereocenters. The monoisotopic (exact) mass is 402 g/mol. The summed E-state index contributed by atoms with van der Waals surface area (Å²) in [6.07, 6.45) is 1.26. The molecule has 1 aromatic heterocycles. The van der Waals surface area contributed by atoms with E-state index in [0.29, 0.717) is 18.8 Å². The molecular weight excluding hydrogens is 380 g/mol. The van der Waals surface area contributed by atoms with Crippen molar-refractivity contribution in [3.63, 3.8) is 0 Å². The van der Waals surface area contributed by atoms with Gasteiger partial charge >= 0.3 is 6.09 Å². The second-order valence-corrected chi connectivity index (χ2v) is 8.46. The third-order valence-corrected chi connectivity index (χ3v) is 6.18. The zero-order valence-electron chi connectivity index (χ0n) is 13.9. The number of likely N-dealkylation sites (tertiary alicyclic amines) is 1. The van der Waals surface area contributed by atoms with Gasteiger partial charge in [-0.2, -0.15) is 0 Å². The number of carbonyl (C=O) groups excluding carboxylic acids is 1. The molecule has 1 fully saturated rings. The summed E-state index contributed by atoms with van der Waals surface area (Å²) in [7, 11) is 0. The minimum absolute atomic E-state index is 0.146. The van der Waals surface area contributed by atoms with Gasteiger partial charge in [0.05, 0.1) is 4.88 Å². The lowest BCUT2D eigenvalue weighted by molar-refractivity contribution is 0.0201. The van der Waals surface area contributed by atoms with Crippen molar-refractivity contribution >= 4 is 39.1 Å². The van der Waals surface area contributed by atoms with Crippen molar-refractivity contribution in [3.8, 4) is 0 Å². The molecule has 0 atom stereocenters. The molecule has 128 valence electrons. The van der Waals surface area contributed by atoms with Crippen LogP contribution in [0.4, 0.5) is 4.79 Å². The smallest absolute Gasteiger partial charge is 0.410 e. The van der Waals surface area contributed by atoms with Gasteiger partial charge in [-0.3, -0.25) is 0 Å². The van der Waals surface area contributed by atoms with Crippen LogP contribution in [0.2, 0.25) is 0 Å². The second-order valence-electron chi connectivity index (χ2n) is 6.79. The highest BCUT2D eigenvalue weighted by molar-refractivity contribution is 9.10. The highest BCUT2D eigenvalue weighted by Gasteiger charge is 2.31. The Labute approximate surface area is 149 Å². The Morgan fingerprint density at radius 3 is 2.48 bits per heavy atom. The number of thiophene rings is 1. The number of piperidine rings is 1. The van der Waals surface area contributed by atoms with Crippen LogP contribution in [0.15, 0.2) is 15.0 Å². The molecule has 0 aliphatic carbocycles. The summed E-state index contributed by atoms with van der Waals surface area (Å²) in [5, 5.41) is 15.1. The van der Waals surface area contributed by atoms with Crippen LogP contribution >= 0.6 is 27.3 Å². The Morgan fingerprint density at radius 2 is 2.04 bits per heavy atom. The van der Waals surface area contributed by atoms with Crippen molar-refractivity contribution in [1.29, 1.82) is 0 Å². The summed E-state index contributed by atoms with van der Waals surface area (Å²) < 4.78 is 6.40. The van der Waals surface area contributed by atoms with Crippen LogP contribution in [0.3, 0.4) is 0 Å². The van der Waals surface area contributed by atoms with Gasteiger partial charge in [0.15, 0.2) is 0 Å². The standard InChI is InChI=1S/C16H23BrN2O3S/c1-10-9-23-14(12(10)17)13(18-21)11-5-7-19(8-6-11)15(20)22-16(2,3)4/h9,11,21H,5-8H2,1-4H3. The molecule has 1 N–H and O–H groups in total. The van der Waals surface area contributed by atoms with E-state index in [4.69, 9.17) is 4.74 Å². The van der Waals surface area contributed by atoms with Gasteiger partial charge in [0, 0.05) is 23.5 Å². The number of amides is 1. The summed E-state index contributed by atoms with van der Waals surface area (Å²) in [6, 6.07) is 0. The lowest BCUT2D eigenvalue weighted by Gasteiger charge is -2.33. The van der Waals surface area contributed by atoms with Crippen molar-refractivity contribution in [1.82, 2.24) is 4.90 Å². The first-order valence-corrected chi connectivity index (χ1v) is 9.34. The molecule has 23 heavy (non-hydrogen) atoms. The molecule has 2 rings (SSSR count). The van der Waals surface area contributed by atoms with Crippen molar-refractivity contribution < 1.29 is 14.7 Å². The van der Waals surface area contributed by atoms with E-state index >= 15 is 0 Å². The van der Waals surface area contributed by atoms with Gasteiger partial charge < -0.3 is 14.8 Å². The first-order chi connectivity index (χ1) is 10.7. The molecule has 5 nitrogen and oxygen atoms in total. The molecule has 1 aliphatic rings. The van der Waals surface area contributed by atoms with Crippen molar-refractivity contribution in [3.05, 3.63) is 20.3 Å². The minimum Gasteiger partial charge on any atom is -0.444 e. The van der Waals surface area contributed by atoms with E-state index in [1.165, 1.54) is 0 Å². The van der Waals surface area contributed by atoms with Crippen LogP contribution in [-0.2, 0) is 4.74 Å². The molecule has 0 aromatic carbocycles. The van der Waals surface area contributed by atoms with Crippen LogP contribution in [0, 0.1) is 12.8 Å². The summed E-state index contributed by atoms with van der Waals surface area (Å²) in [5.41, 5.74) is 1.36. The van der Waals surface area contributed by atoms with Crippen LogP contribution in [0.25, 0.3) is 0 Å². The molecule has 1 aliphatic heterocycles. The molecular formula is C16H23BrN2O3S. The number of oxime groups is 1. The van der Waals surface area contributed by atoms with Crippen LogP contribution in [-0.4, -0.2) is 40.6 Å². The highest BCUT2D eigenvalue weighted by Crippen LogP contribution is 2.33. The number of ether oxygens (including phenoxy) is 1. The molecule has 1 aromatic rings. The Kier molecular flexibility index (Phi) is 5.73. The Hall–Kier alpha value is -1.08. The first kappa shape index (κ1) is 18.3. The lowest BCUT2D eigenvalue weighted by Crippen LogP contribution is -2.43. The number of hydrogen-bond donors (Lipinski definition) is 1. The Balaban J connectivity index is 2.01. The topological polar surface area (TPSA) is 62.1 Å². The largest absolute Gasteiger partial charge is 0.444 e. The number of halogens is 1. The van der Waals surface area contributed by atoms with E-state index in [1.54, 1.807) is 16.2 Å². The first-order valence-electron chi connectivity index (χ1n) is 7.66. The number of hydrogen-bond acceptors (Lipinski definition) is 5. The summed E-state index contributed by atoms with van der Waals surface area (Å²) in [6.45, 7) is 8.84. The molecule has 0 saturated carbocycles. The van der Waals surface area contributed by atoms with E-state index in [9.17, 15) is 10.0 Å². The van der Waals surface area contributed by atoms with E-state index in [0.717, 1.165) is 27.8 Å². The van der Waals surface area contributed by atoms with Gasteiger partial charge in [-0.25, -0.2) is 4.79 Å². The number of nitrogens with zero attached hydrogens (tertiary/aromatic N) is 2. The summed E-state index contributed by atoms with van der Waals surface area (Å²) >= 11 is 5.13. The zero-order valence-corrected chi connectivity index (χ0v) is 16.3. The van der Waals surface area contributed by atoms with Gasteiger partial charge in [-0.05, 0) is 67.4 Å². The molecule has 7 heteroatoms. The number of rotatable bonds is 2. The van der Waals surface area contributed by atoms with Gasteiger partial charge in [-0.1, -0.05) is 5.16 Å². The average Bonchev–Trinajstić information content (AvgIpc) is 2.79. The van der Waals surface area contributed by atoms with Crippen molar-refractivity contribution in [2.24, 2.45) is 11.1 Å². The fourth-order valence-corrected chi connectivity index (χ4v) is 4.33. The summed E-state index contributed by atoms with van der Waals surface area (Å²) in [5.74, 6) is 0.146. The van der Waals surface area contributed by atoms with Gasteiger partial charge in [0.1, 0.15) is 11.3 Å². The van der Waals surface area contributed by atoms with E-state index in [1.807, 2.05) is 33.1 Å². The maximum absolute atomic E-state index is 12.1. The van der Waals surface area contributed by atoms with Gasteiger partial charge in [0.2, 0.25) is 0 Å². The average molecular weight is 403 g/mol. The van der Waals surface area contributed by atoms with Crippen LogP contribution in [0.5, 0.6) is 0 Å². The third-order valence-electron chi connectivity index (χ3n) is 3.77. The maximum Gasteiger partial charge on any atom is 0.410 e. The predicted molar refractivity (Wildman–Crippen MR) is 95.6 cm³/mol. The van der Waals surface area contributed by atoms with Crippen LogP contribution in [0.1, 0.15) is 44.1 Å². The summed E-state index contributed by atoms with van der Waals surface area (Å²) in [4.78, 5) is 14.8. The van der Waals surface area contributed by atoms with E-state index < -0.39 is 5.60 Å². The SMILES string of the molecule is Cc1csc(C(=NO)C2CCN(C(=O)OC(C)(C)C)CC2)c1Br. The number of aryl methyl sites for hydroxylation is 1. The maximum atomic E-state index is 12.1. The Morgan fingerprint density at radius 1 is 1.43 bits per heavy atom. The minimum atomic E-state index is -0.481. The molecule has 0 spiro atoms. The Bertz CT molecular complexity index is 599. The fourth-order valence-electron chi connectivity index (χ4n) is 2.58. The molecule has 1 amide bonds. The van der Waals surface area contributed by atoms with Gasteiger partial charge in [0.25, 0.3) is 0 Å².